The second kappa shape index (κ2) is 6.15. The van der Waals surface area contributed by atoms with Gasteiger partial charge in [0.05, 0.1) is 12.5 Å². The first-order valence-electron chi connectivity index (χ1n) is 7.15. The maximum Gasteiger partial charge on any atom is 0.231 e. The summed E-state index contributed by atoms with van der Waals surface area (Å²) in [6.07, 6.45) is 3.18. The first-order valence-corrected chi connectivity index (χ1v) is 7.15. The molecule has 1 aliphatic rings. The summed E-state index contributed by atoms with van der Waals surface area (Å²) in [4.78, 5) is 6.78. The van der Waals surface area contributed by atoms with Gasteiger partial charge in [0.15, 0.2) is 5.82 Å². The van der Waals surface area contributed by atoms with Crippen LogP contribution in [0.15, 0.2) is 34.9 Å². The Hall–Kier alpha value is -1.72. The van der Waals surface area contributed by atoms with Crippen LogP contribution in [0.5, 0.6) is 0 Å². The van der Waals surface area contributed by atoms with E-state index < -0.39 is 0 Å². The van der Waals surface area contributed by atoms with Gasteiger partial charge in [-0.25, -0.2) is 0 Å². The van der Waals surface area contributed by atoms with Crippen molar-refractivity contribution < 1.29 is 4.52 Å². The molecule has 1 atom stereocenters. The van der Waals surface area contributed by atoms with Crippen LogP contribution in [0.3, 0.4) is 0 Å². The summed E-state index contributed by atoms with van der Waals surface area (Å²) < 4.78 is 5.29. The highest BCUT2D eigenvalue weighted by molar-refractivity contribution is 5.18. The summed E-state index contributed by atoms with van der Waals surface area (Å²) in [7, 11) is 0. The summed E-state index contributed by atoms with van der Waals surface area (Å²) in [5.74, 6) is 1.24. The van der Waals surface area contributed by atoms with Gasteiger partial charge in [0, 0.05) is 6.54 Å². The van der Waals surface area contributed by atoms with Gasteiger partial charge in [-0.3, -0.25) is 0 Å². The lowest BCUT2D eigenvalue weighted by atomic mass is 10.1. The van der Waals surface area contributed by atoms with E-state index in [0.717, 1.165) is 25.2 Å². The molecule has 1 saturated heterocycles. The molecule has 5 heteroatoms. The predicted octanol–water partition coefficient (Wildman–Crippen LogP) is 1.76. The van der Waals surface area contributed by atoms with Crippen LogP contribution in [0.4, 0.5) is 0 Å². The van der Waals surface area contributed by atoms with Crippen LogP contribution in [0.25, 0.3) is 0 Å². The second-order valence-corrected chi connectivity index (χ2v) is 5.32. The third-order valence-electron chi connectivity index (χ3n) is 3.67. The van der Waals surface area contributed by atoms with Gasteiger partial charge >= 0.3 is 0 Å². The van der Waals surface area contributed by atoms with E-state index in [1.54, 1.807) is 0 Å². The molecule has 1 aromatic carbocycles. The number of nitrogens with two attached hydrogens (primary N) is 1. The normalized spacial score (nSPS) is 17.4. The molecule has 2 aromatic rings. The van der Waals surface area contributed by atoms with Crippen LogP contribution < -0.4 is 5.73 Å². The van der Waals surface area contributed by atoms with Gasteiger partial charge in [-0.2, -0.15) is 4.98 Å². The van der Waals surface area contributed by atoms with E-state index in [0.29, 0.717) is 18.1 Å². The standard InChI is InChI=1S/C15H20N4O/c16-13(11-19-8-4-5-9-19)15-17-14(20-18-15)10-12-6-2-1-3-7-12/h1-3,6-7,13H,4-5,8-11,16H2. The Kier molecular flexibility index (Phi) is 4.08. The van der Waals surface area contributed by atoms with Crippen molar-refractivity contribution in [3.63, 3.8) is 0 Å². The molecule has 0 radical (unpaired) electrons. The summed E-state index contributed by atoms with van der Waals surface area (Å²) in [5.41, 5.74) is 7.32. The molecule has 106 valence electrons. The van der Waals surface area contributed by atoms with Crippen molar-refractivity contribution in [3.8, 4) is 0 Å². The zero-order valence-corrected chi connectivity index (χ0v) is 11.5. The van der Waals surface area contributed by atoms with Gasteiger partial charge in [0.25, 0.3) is 0 Å². The molecule has 3 rings (SSSR count). The van der Waals surface area contributed by atoms with Crippen molar-refractivity contribution in [2.75, 3.05) is 19.6 Å². The SMILES string of the molecule is NC(CN1CCCC1)c1noc(Cc2ccccc2)n1. The van der Waals surface area contributed by atoms with Gasteiger partial charge in [-0.05, 0) is 31.5 Å². The average Bonchev–Trinajstić information content (AvgIpc) is 3.11. The fraction of sp³-hybridized carbons (Fsp3) is 0.467. The first kappa shape index (κ1) is 13.3. The Morgan fingerprint density at radius 1 is 1.20 bits per heavy atom. The molecule has 1 aliphatic heterocycles. The third kappa shape index (κ3) is 3.23. The van der Waals surface area contributed by atoms with Crippen molar-refractivity contribution in [1.29, 1.82) is 0 Å². The van der Waals surface area contributed by atoms with Crippen LogP contribution >= 0.6 is 0 Å². The Bertz CT molecular complexity index is 534. The minimum atomic E-state index is -0.165. The van der Waals surface area contributed by atoms with E-state index in [1.165, 1.54) is 12.8 Å². The van der Waals surface area contributed by atoms with Crippen molar-refractivity contribution >= 4 is 0 Å². The van der Waals surface area contributed by atoms with Crippen molar-refractivity contribution in [2.45, 2.75) is 25.3 Å². The summed E-state index contributed by atoms with van der Waals surface area (Å²) in [5, 5.41) is 4.02. The van der Waals surface area contributed by atoms with Crippen molar-refractivity contribution in [3.05, 3.63) is 47.6 Å². The maximum absolute atomic E-state index is 6.15. The van der Waals surface area contributed by atoms with Gasteiger partial charge in [-0.15, -0.1) is 0 Å². The first-order chi connectivity index (χ1) is 9.81. The largest absolute Gasteiger partial charge is 0.339 e. The van der Waals surface area contributed by atoms with Gasteiger partial charge < -0.3 is 15.2 Å². The Morgan fingerprint density at radius 3 is 2.70 bits per heavy atom. The van der Waals surface area contributed by atoms with Crippen molar-refractivity contribution in [2.24, 2.45) is 5.73 Å². The van der Waals surface area contributed by atoms with E-state index >= 15 is 0 Å². The Labute approximate surface area is 118 Å². The molecule has 20 heavy (non-hydrogen) atoms. The van der Waals surface area contributed by atoms with Crippen LogP contribution in [0.2, 0.25) is 0 Å². The average molecular weight is 272 g/mol. The van der Waals surface area contributed by atoms with Crippen LogP contribution in [-0.2, 0) is 6.42 Å². The molecule has 1 aromatic heterocycles. The highest BCUT2D eigenvalue weighted by Gasteiger charge is 2.20. The number of benzene rings is 1. The zero-order valence-electron chi connectivity index (χ0n) is 11.5. The smallest absolute Gasteiger partial charge is 0.231 e. The monoisotopic (exact) mass is 272 g/mol. The van der Waals surface area contributed by atoms with Gasteiger partial charge in [-0.1, -0.05) is 35.5 Å². The molecular weight excluding hydrogens is 252 g/mol. The number of likely N-dealkylation sites (tertiary alicyclic amines) is 1. The molecule has 1 fully saturated rings. The zero-order chi connectivity index (χ0) is 13.8. The summed E-state index contributed by atoms with van der Waals surface area (Å²) in [6.45, 7) is 3.06. The summed E-state index contributed by atoms with van der Waals surface area (Å²) >= 11 is 0. The number of nitrogens with zero attached hydrogens (tertiary/aromatic N) is 3. The highest BCUT2D eigenvalue weighted by Crippen LogP contribution is 2.14. The molecule has 0 bridgehead atoms. The molecule has 2 heterocycles. The Balaban J connectivity index is 1.61. The lowest BCUT2D eigenvalue weighted by molar-refractivity contribution is 0.305. The maximum atomic E-state index is 6.15. The summed E-state index contributed by atoms with van der Waals surface area (Å²) in [6, 6.07) is 9.94. The van der Waals surface area contributed by atoms with Crippen LogP contribution in [0.1, 0.15) is 36.2 Å². The number of hydrogen-bond acceptors (Lipinski definition) is 5. The number of rotatable bonds is 5. The van der Waals surface area contributed by atoms with Gasteiger partial charge in [0.2, 0.25) is 5.89 Å². The Morgan fingerprint density at radius 2 is 1.95 bits per heavy atom. The molecule has 0 spiro atoms. The lowest BCUT2D eigenvalue weighted by Crippen LogP contribution is -2.30. The lowest BCUT2D eigenvalue weighted by Gasteiger charge is -2.17. The third-order valence-corrected chi connectivity index (χ3v) is 3.67. The molecular formula is C15H20N4O. The minimum Gasteiger partial charge on any atom is -0.339 e. The topological polar surface area (TPSA) is 68.2 Å². The quantitative estimate of drug-likeness (QED) is 0.898. The minimum absolute atomic E-state index is 0.165. The van der Waals surface area contributed by atoms with E-state index in [4.69, 9.17) is 10.3 Å². The van der Waals surface area contributed by atoms with Crippen molar-refractivity contribution in [1.82, 2.24) is 15.0 Å². The van der Waals surface area contributed by atoms with Gasteiger partial charge in [0.1, 0.15) is 0 Å². The molecule has 0 aliphatic carbocycles. The second-order valence-electron chi connectivity index (χ2n) is 5.32. The fourth-order valence-electron chi connectivity index (χ4n) is 2.59. The van der Waals surface area contributed by atoms with Crippen LogP contribution in [-0.4, -0.2) is 34.7 Å². The molecule has 2 N–H and O–H groups in total. The van der Waals surface area contributed by atoms with E-state index in [2.05, 4.69) is 15.0 Å². The van der Waals surface area contributed by atoms with E-state index in [-0.39, 0.29) is 6.04 Å². The van der Waals surface area contributed by atoms with Crippen LogP contribution in [0, 0.1) is 0 Å². The highest BCUT2D eigenvalue weighted by atomic mass is 16.5. The van der Waals surface area contributed by atoms with E-state index in [1.807, 2.05) is 30.3 Å². The molecule has 0 saturated carbocycles. The molecule has 1 unspecified atom stereocenters. The predicted molar refractivity (Wildman–Crippen MR) is 76.1 cm³/mol. The number of aromatic nitrogens is 2. The fourth-order valence-corrected chi connectivity index (χ4v) is 2.59. The van der Waals surface area contributed by atoms with E-state index in [9.17, 15) is 0 Å². The molecule has 5 nitrogen and oxygen atoms in total. The number of hydrogen-bond donors (Lipinski definition) is 1. The molecule has 0 amide bonds.